The number of hydrogen-bond acceptors (Lipinski definition) is 6. The second kappa shape index (κ2) is 8.61. The van der Waals surface area contributed by atoms with Gasteiger partial charge in [-0.05, 0) is 67.9 Å². The quantitative estimate of drug-likeness (QED) is 0.305. The van der Waals surface area contributed by atoms with E-state index in [1.165, 1.54) is 24.5 Å². The molecular formula is C27H22FN7S. The number of imidazole rings is 1. The molecule has 6 heterocycles. The number of H-pyrrole nitrogens is 2. The molecule has 1 fully saturated rings. The highest BCUT2D eigenvalue weighted by Crippen LogP contribution is 2.34. The third-order valence-corrected chi connectivity index (χ3v) is 7.59. The minimum atomic E-state index is -0.216. The number of pyridine rings is 2. The van der Waals surface area contributed by atoms with E-state index in [0.29, 0.717) is 11.5 Å². The van der Waals surface area contributed by atoms with Gasteiger partial charge < -0.3 is 4.98 Å². The molecule has 0 aliphatic carbocycles. The van der Waals surface area contributed by atoms with Gasteiger partial charge in [0.25, 0.3) is 0 Å². The van der Waals surface area contributed by atoms with Gasteiger partial charge in [-0.3, -0.25) is 15.0 Å². The number of rotatable bonds is 5. The number of halogens is 1. The van der Waals surface area contributed by atoms with Crippen molar-refractivity contribution in [2.24, 2.45) is 0 Å². The second-order valence-corrected chi connectivity index (χ2v) is 10.2. The largest absolute Gasteiger partial charge is 0.336 e. The van der Waals surface area contributed by atoms with Gasteiger partial charge in [0.15, 0.2) is 16.6 Å². The maximum Gasteiger partial charge on any atom is 0.176 e. The fourth-order valence-electron chi connectivity index (χ4n) is 4.94. The van der Waals surface area contributed by atoms with E-state index in [0.717, 1.165) is 74.7 Å². The molecule has 1 aliphatic rings. The Balaban J connectivity index is 1.28. The van der Waals surface area contributed by atoms with Gasteiger partial charge in [-0.1, -0.05) is 12.1 Å². The molecule has 0 amide bonds. The number of nitrogens with one attached hydrogen (secondary N) is 2. The third kappa shape index (κ3) is 3.77. The van der Waals surface area contributed by atoms with E-state index in [9.17, 15) is 4.39 Å². The first-order valence-electron chi connectivity index (χ1n) is 12.0. The van der Waals surface area contributed by atoms with E-state index in [4.69, 9.17) is 9.97 Å². The first-order chi connectivity index (χ1) is 17.7. The van der Waals surface area contributed by atoms with Crippen LogP contribution in [0, 0.1) is 5.13 Å². The smallest absolute Gasteiger partial charge is 0.176 e. The maximum atomic E-state index is 13.7. The van der Waals surface area contributed by atoms with Crippen LogP contribution < -0.4 is 0 Å². The molecule has 0 bridgehead atoms. The van der Waals surface area contributed by atoms with Crippen LogP contribution in [0.15, 0.2) is 60.9 Å². The molecule has 9 heteroatoms. The molecule has 5 aromatic heterocycles. The van der Waals surface area contributed by atoms with Crippen molar-refractivity contribution < 1.29 is 4.39 Å². The standard InChI is InChI=1S/C27H22FN7S/c28-23-9-8-22(36-23)18-4-3-5-20-24(18)32-27(31-20)26-25-21(33-34-26)7-6-19(30-25)17-12-16(13-29-14-17)15-35-10-1-2-11-35/h3-9,12-14H,1-2,10-11,15H2,(H,31,32)(H,33,34). The number of hydrogen-bond donors (Lipinski definition) is 2. The molecule has 7 rings (SSSR count). The van der Waals surface area contributed by atoms with Crippen molar-refractivity contribution in [3.05, 3.63) is 71.6 Å². The Hall–Kier alpha value is -3.95. The number of benzene rings is 1. The third-order valence-electron chi connectivity index (χ3n) is 6.68. The molecule has 6 aromatic rings. The maximum absolute atomic E-state index is 13.7. The average Bonchev–Trinajstić information content (AvgIpc) is 3.70. The van der Waals surface area contributed by atoms with Crippen LogP contribution in [0.1, 0.15) is 18.4 Å². The molecule has 1 aromatic carbocycles. The van der Waals surface area contributed by atoms with E-state index in [1.54, 1.807) is 6.07 Å². The van der Waals surface area contributed by atoms with Gasteiger partial charge in [-0.2, -0.15) is 9.49 Å². The van der Waals surface area contributed by atoms with Gasteiger partial charge in [-0.25, -0.2) is 9.97 Å². The zero-order valence-electron chi connectivity index (χ0n) is 19.3. The van der Waals surface area contributed by atoms with Gasteiger partial charge >= 0.3 is 0 Å². The van der Waals surface area contributed by atoms with Crippen LogP contribution in [0.2, 0.25) is 0 Å². The molecule has 7 nitrogen and oxygen atoms in total. The summed E-state index contributed by atoms with van der Waals surface area (Å²) in [5, 5.41) is 7.39. The molecule has 0 saturated carbocycles. The number of likely N-dealkylation sites (tertiary alicyclic amines) is 1. The van der Waals surface area contributed by atoms with Gasteiger partial charge in [0.2, 0.25) is 0 Å². The summed E-state index contributed by atoms with van der Waals surface area (Å²) in [6, 6.07) is 15.3. The number of fused-ring (bicyclic) bond motifs is 2. The van der Waals surface area contributed by atoms with Gasteiger partial charge in [0.05, 0.1) is 22.2 Å². The second-order valence-electron chi connectivity index (χ2n) is 9.12. The minimum Gasteiger partial charge on any atom is -0.336 e. The minimum absolute atomic E-state index is 0.216. The van der Waals surface area contributed by atoms with Gasteiger partial charge in [0, 0.05) is 34.9 Å². The van der Waals surface area contributed by atoms with Crippen molar-refractivity contribution in [1.82, 2.24) is 35.0 Å². The fraction of sp³-hybridized carbons (Fsp3) is 0.185. The number of para-hydroxylation sites is 1. The number of aromatic nitrogens is 6. The Labute approximate surface area is 210 Å². The monoisotopic (exact) mass is 495 g/mol. The first kappa shape index (κ1) is 21.3. The van der Waals surface area contributed by atoms with E-state index < -0.39 is 0 Å². The van der Waals surface area contributed by atoms with E-state index in [-0.39, 0.29) is 5.13 Å². The molecule has 0 unspecified atom stereocenters. The van der Waals surface area contributed by atoms with Crippen LogP contribution in [-0.4, -0.2) is 48.1 Å². The molecule has 1 aliphatic heterocycles. The predicted octanol–water partition coefficient (Wildman–Crippen LogP) is 6.03. The van der Waals surface area contributed by atoms with Crippen LogP contribution in [0.5, 0.6) is 0 Å². The Morgan fingerprint density at radius 1 is 0.944 bits per heavy atom. The van der Waals surface area contributed by atoms with Gasteiger partial charge in [0.1, 0.15) is 5.52 Å². The summed E-state index contributed by atoms with van der Waals surface area (Å²) < 4.78 is 13.7. The molecule has 178 valence electrons. The van der Waals surface area contributed by atoms with E-state index >= 15 is 0 Å². The summed E-state index contributed by atoms with van der Waals surface area (Å²) in [6.45, 7) is 3.20. The van der Waals surface area contributed by atoms with E-state index in [1.807, 2.05) is 42.7 Å². The summed E-state index contributed by atoms with van der Waals surface area (Å²) >= 11 is 1.11. The highest BCUT2D eigenvalue weighted by Gasteiger charge is 2.18. The fourth-order valence-corrected chi connectivity index (χ4v) is 5.70. The first-order valence-corrected chi connectivity index (χ1v) is 12.8. The summed E-state index contributed by atoms with van der Waals surface area (Å²) in [7, 11) is 0. The number of thiophene rings is 1. The van der Waals surface area contributed by atoms with Crippen LogP contribution in [0.4, 0.5) is 4.39 Å². The van der Waals surface area contributed by atoms with Crippen LogP contribution in [0.3, 0.4) is 0 Å². The topological polar surface area (TPSA) is 86.4 Å². The zero-order valence-corrected chi connectivity index (χ0v) is 20.1. The van der Waals surface area contributed by atoms with Crippen LogP contribution in [0.25, 0.3) is 55.3 Å². The van der Waals surface area contributed by atoms with Crippen molar-refractivity contribution >= 4 is 33.4 Å². The van der Waals surface area contributed by atoms with Crippen LogP contribution in [-0.2, 0) is 6.54 Å². The molecular weight excluding hydrogens is 473 g/mol. The van der Waals surface area contributed by atoms with Crippen molar-refractivity contribution in [3.8, 4) is 33.2 Å². The lowest BCUT2D eigenvalue weighted by atomic mass is 10.1. The molecule has 36 heavy (non-hydrogen) atoms. The van der Waals surface area contributed by atoms with Crippen molar-refractivity contribution in [2.75, 3.05) is 13.1 Å². The van der Waals surface area contributed by atoms with Crippen molar-refractivity contribution in [2.45, 2.75) is 19.4 Å². The lowest BCUT2D eigenvalue weighted by Gasteiger charge is -2.14. The molecule has 1 saturated heterocycles. The Bertz CT molecular complexity index is 1710. The summed E-state index contributed by atoms with van der Waals surface area (Å²) in [6.07, 6.45) is 6.33. The normalized spacial score (nSPS) is 14.4. The lowest BCUT2D eigenvalue weighted by Crippen LogP contribution is -2.18. The Kier molecular flexibility index (Phi) is 5.11. The SMILES string of the molecule is Fc1ccc(-c2cccc3[nH]c(-c4n[nH]c5ccc(-c6cncc(CN7CCCC7)c6)nc45)nc23)s1. The average molecular weight is 496 g/mol. The zero-order chi connectivity index (χ0) is 24.1. The lowest BCUT2D eigenvalue weighted by molar-refractivity contribution is 0.331. The summed E-state index contributed by atoms with van der Waals surface area (Å²) in [5.41, 5.74) is 7.75. The number of aromatic amines is 2. The molecule has 0 atom stereocenters. The Morgan fingerprint density at radius 3 is 2.72 bits per heavy atom. The molecule has 2 N–H and O–H groups in total. The molecule has 0 radical (unpaired) electrons. The highest BCUT2D eigenvalue weighted by atomic mass is 32.1. The van der Waals surface area contributed by atoms with E-state index in [2.05, 4.69) is 31.1 Å². The van der Waals surface area contributed by atoms with Crippen LogP contribution >= 0.6 is 11.3 Å². The molecule has 0 spiro atoms. The van der Waals surface area contributed by atoms with Crippen molar-refractivity contribution in [1.29, 1.82) is 0 Å². The Morgan fingerprint density at radius 2 is 1.86 bits per heavy atom. The number of nitrogens with zero attached hydrogens (tertiary/aromatic N) is 5. The predicted molar refractivity (Wildman–Crippen MR) is 140 cm³/mol. The van der Waals surface area contributed by atoms with Crippen molar-refractivity contribution in [3.63, 3.8) is 0 Å². The van der Waals surface area contributed by atoms with Gasteiger partial charge in [-0.15, -0.1) is 11.3 Å². The summed E-state index contributed by atoms with van der Waals surface area (Å²) in [4.78, 5) is 21.0. The highest BCUT2D eigenvalue weighted by molar-refractivity contribution is 7.14. The summed E-state index contributed by atoms with van der Waals surface area (Å²) in [5.74, 6) is 0.617.